The van der Waals surface area contributed by atoms with Crippen LogP contribution in [0.1, 0.15) is 5.69 Å². The number of aryl methyl sites for hydroxylation is 2. The van der Waals surface area contributed by atoms with Crippen LogP contribution in [0.4, 0.5) is 0 Å². The van der Waals surface area contributed by atoms with E-state index in [4.69, 9.17) is 0 Å². The third-order valence-corrected chi connectivity index (χ3v) is 2.51. The zero-order valence-electron chi connectivity index (χ0n) is 7.00. The van der Waals surface area contributed by atoms with Crippen molar-refractivity contribution in [3.63, 3.8) is 0 Å². The van der Waals surface area contributed by atoms with Gasteiger partial charge in [-0.1, -0.05) is 0 Å². The van der Waals surface area contributed by atoms with Crippen LogP contribution in [0.2, 0.25) is 0 Å². The molecule has 12 heavy (non-hydrogen) atoms. The van der Waals surface area contributed by atoms with Gasteiger partial charge in [0.15, 0.2) is 0 Å². The van der Waals surface area contributed by atoms with E-state index in [1.165, 1.54) is 11.1 Å². The third kappa shape index (κ3) is 1.05. The van der Waals surface area contributed by atoms with Crippen LogP contribution in [0, 0.1) is 6.92 Å². The predicted molar refractivity (Wildman–Crippen MR) is 53.2 cm³/mol. The molecule has 0 aliphatic carbocycles. The Morgan fingerprint density at radius 3 is 2.92 bits per heavy atom. The molecule has 0 aliphatic heterocycles. The molecular formula is C9H9BrN2. The molecule has 0 saturated heterocycles. The Kier molecular flexibility index (Phi) is 1.68. The van der Waals surface area contributed by atoms with Crippen molar-refractivity contribution in [1.29, 1.82) is 0 Å². The van der Waals surface area contributed by atoms with Gasteiger partial charge in [-0.3, -0.25) is 0 Å². The second kappa shape index (κ2) is 2.59. The quantitative estimate of drug-likeness (QED) is 0.673. The molecule has 0 aliphatic rings. The minimum absolute atomic E-state index is 1.03. The van der Waals surface area contributed by atoms with Crippen molar-refractivity contribution in [2.45, 2.75) is 6.92 Å². The normalized spacial score (nSPS) is 10.9. The molecule has 0 unspecified atom stereocenters. The summed E-state index contributed by atoms with van der Waals surface area (Å²) < 4.78 is 3.11. The maximum atomic E-state index is 4.32. The molecule has 0 aromatic carbocycles. The zero-order chi connectivity index (χ0) is 8.72. The first-order valence-electron chi connectivity index (χ1n) is 3.76. The summed E-state index contributed by atoms with van der Waals surface area (Å²) in [5, 5.41) is 1.18. The Morgan fingerprint density at radius 1 is 1.42 bits per heavy atom. The molecule has 0 fully saturated rings. The lowest BCUT2D eigenvalue weighted by Crippen LogP contribution is -1.91. The van der Waals surface area contributed by atoms with Crippen LogP contribution in [0.3, 0.4) is 0 Å². The van der Waals surface area contributed by atoms with Crippen molar-refractivity contribution in [3.8, 4) is 0 Å². The van der Waals surface area contributed by atoms with Crippen LogP contribution >= 0.6 is 15.9 Å². The van der Waals surface area contributed by atoms with Crippen LogP contribution in [-0.4, -0.2) is 9.55 Å². The number of hydrogen-bond acceptors (Lipinski definition) is 1. The molecule has 3 heteroatoms. The summed E-state index contributed by atoms with van der Waals surface area (Å²) in [5.74, 6) is 0. The summed E-state index contributed by atoms with van der Waals surface area (Å²) in [6.45, 7) is 2.08. The van der Waals surface area contributed by atoms with Crippen molar-refractivity contribution >= 4 is 27.0 Å². The van der Waals surface area contributed by atoms with Gasteiger partial charge < -0.3 is 4.57 Å². The number of fused-ring (bicyclic) bond motifs is 1. The molecule has 0 N–H and O–H groups in total. The maximum Gasteiger partial charge on any atom is 0.139 e. The van der Waals surface area contributed by atoms with E-state index < -0.39 is 0 Å². The van der Waals surface area contributed by atoms with Crippen molar-refractivity contribution in [1.82, 2.24) is 9.55 Å². The number of rotatable bonds is 0. The Bertz CT molecular complexity index is 431. The minimum Gasteiger partial charge on any atom is -0.333 e. The van der Waals surface area contributed by atoms with E-state index in [2.05, 4.69) is 44.5 Å². The molecule has 2 aromatic heterocycles. The van der Waals surface area contributed by atoms with Gasteiger partial charge in [0.05, 0.1) is 0 Å². The summed E-state index contributed by atoms with van der Waals surface area (Å²) in [5.41, 5.74) is 2.27. The van der Waals surface area contributed by atoms with Crippen molar-refractivity contribution in [2.75, 3.05) is 0 Å². The van der Waals surface area contributed by atoms with Gasteiger partial charge in [-0.05, 0) is 35.0 Å². The Hall–Kier alpha value is -0.830. The highest BCUT2D eigenvalue weighted by Gasteiger charge is 2.02. The summed E-state index contributed by atoms with van der Waals surface area (Å²) in [7, 11) is 2.03. The van der Waals surface area contributed by atoms with Crippen molar-refractivity contribution in [3.05, 3.63) is 28.5 Å². The molecule has 2 rings (SSSR count). The van der Waals surface area contributed by atoms with E-state index in [-0.39, 0.29) is 0 Å². The fourth-order valence-electron chi connectivity index (χ4n) is 1.32. The first kappa shape index (κ1) is 7.80. The standard InChI is InChI=1S/C9H9BrN2/c1-6-3-7-4-8(10)5-11-9(7)12(6)2/h3-5H,1-2H3. The van der Waals surface area contributed by atoms with Gasteiger partial charge in [-0.2, -0.15) is 0 Å². The summed E-state index contributed by atoms with van der Waals surface area (Å²) in [4.78, 5) is 4.32. The highest BCUT2D eigenvalue weighted by Crippen LogP contribution is 2.19. The molecule has 0 radical (unpaired) electrons. The van der Waals surface area contributed by atoms with E-state index in [1.54, 1.807) is 0 Å². The molecular weight excluding hydrogens is 216 g/mol. The first-order chi connectivity index (χ1) is 5.68. The van der Waals surface area contributed by atoms with E-state index in [9.17, 15) is 0 Å². The van der Waals surface area contributed by atoms with Gasteiger partial charge in [0, 0.05) is 28.8 Å². The Labute approximate surface area is 79.3 Å². The van der Waals surface area contributed by atoms with Gasteiger partial charge in [-0.25, -0.2) is 4.98 Å². The number of hydrogen-bond donors (Lipinski definition) is 0. The van der Waals surface area contributed by atoms with E-state index >= 15 is 0 Å². The van der Waals surface area contributed by atoms with Gasteiger partial charge in [0.1, 0.15) is 5.65 Å². The number of halogens is 1. The Morgan fingerprint density at radius 2 is 2.17 bits per heavy atom. The van der Waals surface area contributed by atoms with Crippen LogP contribution < -0.4 is 0 Å². The summed E-state index contributed by atoms with van der Waals surface area (Å²) in [6, 6.07) is 4.21. The van der Waals surface area contributed by atoms with Crippen LogP contribution in [-0.2, 0) is 7.05 Å². The van der Waals surface area contributed by atoms with Crippen LogP contribution in [0.15, 0.2) is 22.8 Å². The van der Waals surface area contributed by atoms with Gasteiger partial charge >= 0.3 is 0 Å². The highest BCUT2D eigenvalue weighted by atomic mass is 79.9. The average molecular weight is 225 g/mol. The van der Waals surface area contributed by atoms with Crippen LogP contribution in [0.5, 0.6) is 0 Å². The monoisotopic (exact) mass is 224 g/mol. The predicted octanol–water partition coefficient (Wildman–Crippen LogP) is 2.64. The molecule has 0 atom stereocenters. The second-order valence-electron chi connectivity index (χ2n) is 2.91. The number of pyridine rings is 1. The Balaban J connectivity index is 2.87. The lowest BCUT2D eigenvalue weighted by Gasteiger charge is -1.96. The lowest BCUT2D eigenvalue weighted by atomic mass is 10.3. The molecule has 0 amide bonds. The molecule has 62 valence electrons. The molecule has 0 bridgehead atoms. The average Bonchev–Trinajstić information content (AvgIpc) is 2.28. The number of nitrogens with zero attached hydrogens (tertiary/aromatic N) is 2. The van der Waals surface area contributed by atoms with Gasteiger partial charge in [0.2, 0.25) is 0 Å². The van der Waals surface area contributed by atoms with Gasteiger partial charge in [-0.15, -0.1) is 0 Å². The highest BCUT2D eigenvalue weighted by molar-refractivity contribution is 9.10. The van der Waals surface area contributed by atoms with Crippen LogP contribution in [0.25, 0.3) is 11.0 Å². The smallest absolute Gasteiger partial charge is 0.139 e. The fraction of sp³-hybridized carbons (Fsp3) is 0.222. The summed E-state index contributed by atoms with van der Waals surface area (Å²) >= 11 is 3.39. The largest absolute Gasteiger partial charge is 0.333 e. The first-order valence-corrected chi connectivity index (χ1v) is 4.55. The minimum atomic E-state index is 1.03. The van der Waals surface area contributed by atoms with Crippen molar-refractivity contribution < 1.29 is 0 Å². The maximum absolute atomic E-state index is 4.32. The number of aromatic nitrogens is 2. The summed E-state index contributed by atoms with van der Waals surface area (Å²) in [6.07, 6.45) is 1.82. The molecule has 2 aromatic rings. The molecule has 0 saturated carbocycles. The fourth-order valence-corrected chi connectivity index (χ4v) is 1.67. The van der Waals surface area contributed by atoms with E-state index in [1.807, 2.05) is 13.2 Å². The van der Waals surface area contributed by atoms with Gasteiger partial charge in [0.25, 0.3) is 0 Å². The molecule has 0 spiro atoms. The van der Waals surface area contributed by atoms with E-state index in [0.29, 0.717) is 0 Å². The van der Waals surface area contributed by atoms with E-state index in [0.717, 1.165) is 10.1 Å². The molecule has 2 nitrogen and oxygen atoms in total. The van der Waals surface area contributed by atoms with Crippen molar-refractivity contribution in [2.24, 2.45) is 7.05 Å². The molecule has 2 heterocycles. The topological polar surface area (TPSA) is 17.8 Å². The lowest BCUT2D eigenvalue weighted by molar-refractivity contribution is 0.902. The third-order valence-electron chi connectivity index (χ3n) is 2.07. The second-order valence-corrected chi connectivity index (χ2v) is 3.83. The SMILES string of the molecule is Cc1cc2cc(Br)cnc2n1C. The zero-order valence-corrected chi connectivity index (χ0v) is 8.59.